The van der Waals surface area contributed by atoms with Gasteiger partial charge < -0.3 is 9.15 Å². The fraction of sp³-hybridized carbons (Fsp3) is 0.160. The van der Waals surface area contributed by atoms with Crippen LogP contribution in [-0.4, -0.2) is 17.5 Å². The number of amides is 1. The van der Waals surface area contributed by atoms with Crippen molar-refractivity contribution >= 4 is 22.7 Å². The van der Waals surface area contributed by atoms with Crippen molar-refractivity contribution in [1.82, 2.24) is 4.98 Å². The Morgan fingerprint density at radius 1 is 1.03 bits per heavy atom. The fourth-order valence-corrected chi connectivity index (χ4v) is 4.08. The van der Waals surface area contributed by atoms with Gasteiger partial charge in [0, 0.05) is 5.69 Å². The predicted molar refractivity (Wildman–Crippen MR) is 118 cm³/mol. The summed E-state index contributed by atoms with van der Waals surface area (Å²) in [6.45, 7) is 4.28. The van der Waals surface area contributed by atoms with Crippen LogP contribution in [0.15, 0.2) is 75.9 Å². The summed E-state index contributed by atoms with van der Waals surface area (Å²) in [5, 5.41) is 0.444. The van der Waals surface area contributed by atoms with Crippen LogP contribution in [0.4, 0.5) is 5.82 Å². The van der Waals surface area contributed by atoms with Crippen molar-refractivity contribution in [2.45, 2.75) is 19.9 Å². The Bertz CT molecular complexity index is 1380. The highest BCUT2D eigenvalue weighted by atomic mass is 16.5. The Balaban J connectivity index is 1.80. The minimum atomic E-state index is -0.668. The highest BCUT2D eigenvalue weighted by Gasteiger charge is 2.44. The van der Waals surface area contributed by atoms with Crippen LogP contribution in [0.2, 0.25) is 0 Å². The van der Waals surface area contributed by atoms with Gasteiger partial charge in [0.1, 0.15) is 17.2 Å². The van der Waals surface area contributed by atoms with E-state index in [0.29, 0.717) is 34.7 Å². The van der Waals surface area contributed by atoms with Gasteiger partial charge in [-0.25, -0.2) is 4.98 Å². The highest BCUT2D eigenvalue weighted by Crippen LogP contribution is 2.41. The summed E-state index contributed by atoms with van der Waals surface area (Å²) in [7, 11) is 0. The molecule has 0 bridgehead atoms. The molecule has 0 saturated carbocycles. The zero-order valence-electron chi connectivity index (χ0n) is 17.2. The van der Waals surface area contributed by atoms with Crippen molar-refractivity contribution in [1.29, 1.82) is 0 Å². The molecule has 5 rings (SSSR count). The molecular formula is C25H20N2O4. The molecule has 6 nitrogen and oxygen atoms in total. The average molecular weight is 412 g/mol. The van der Waals surface area contributed by atoms with Crippen LogP contribution >= 0.6 is 0 Å². The molecule has 1 aliphatic rings. The van der Waals surface area contributed by atoms with Gasteiger partial charge in [-0.05, 0) is 55.8 Å². The van der Waals surface area contributed by atoms with E-state index in [1.807, 2.05) is 50.2 Å². The Labute approximate surface area is 178 Å². The molecule has 2 aromatic carbocycles. The molecule has 31 heavy (non-hydrogen) atoms. The van der Waals surface area contributed by atoms with Crippen LogP contribution in [0.1, 0.15) is 40.3 Å². The Hall–Kier alpha value is -3.93. The lowest BCUT2D eigenvalue weighted by Gasteiger charge is -2.24. The van der Waals surface area contributed by atoms with Crippen LogP contribution in [0.25, 0.3) is 11.0 Å². The lowest BCUT2D eigenvalue weighted by molar-refractivity contribution is 0.0970. The number of fused-ring (bicyclic) bond motifs is 2. The summed E-state index contributed by atoms with van der Waals surface area (Å²) in [6, 6.07) is 19.2. The summed E-state index contributed by atoms with van der Waals surface area (Å²) in [5.41, 5.74) is 2.02. The van der Waals surface area contributed by atoms with Gasteiger partial charge in [0.05, 0.1) is 23.6 Å². The van der Waals surface area contributed by atoms with Crippen LogP contribution in [0, 0.1) is 6.92 Å². The number of anilines is 1. The molecule has 0 radical (unpaired) electrons. The normalized spacial score (nSPS) is 15.4. The minimum absolute atomic E-state index is 0.0545. The van der Waals surface area contributed by atoms with Gasteiger partial charge in [0.25, 0.3) is 5.91 Å². The van der Waals surface area contributed by atoms with Gasteiger partial charge in [-0.2, -0.15) is 0 Å². The SMILES string of the molecule is CCOc1cccc([C@@H]2c3c(oc4ccccc4c3=O)C(=O)N2c2cccc(C)n2)c1. The molecule has 4 aromatic rings. The summed E-state index contributed by atoms with van der Waals surface area (Å²) >= 11 is 0. The monoisotopic (exact) mass is 412 g/mol. The number of carbonyl (C=O) groups excluding carboxylic acids is 1. The zero-order chi connectivity index (χ0) is 21.5. The number of benzene rings is 2. The molecule has 1 atom stereocenters. The maximum Gasteiger partial charge on any atom is 0.296 e. The molecule has 0 aliphatic carbocycles. The molecule has 3 heterocycles. The largest absolute Gasteiger partial charge is 0.494 e. The lowest BCUT2D eigenvalue weighted by Crippen LogP contribution is -2.30. The van der Waals surface area contributed by atoms with Crippen LogP contribution in [0.5, 0.6) is 5.75 Å². The third-order valence-electron chi connectivity index (χ3n) is 5.38. The molecule has 0 fully saturated rings. The first-order valence-electron chi connectivity index (χ1n) is 10.1. The van der Waals surface area contributed by atoms with E-state index in [9.17, 15) is 9.59 Å². The van der Waals surface area contributed by atoms with Gasteiger partial charge in [0.2, 0.25) is 5.76 Å². The number of para-hydroxylation sites is 1. The van der Waals surface area contributed by atoms with Gasteiger partial charge in [0.15, 0.2) is 5.43 Å². The summed E-state index contributed by atoms with van der Waals surface area (Å²) in [4.78, 5) is 33.1. The van der Waals surface area contributed by atoms with Crippen molar-refractivity contribution in [3.63, 3.8) is 0 Å². The van der Waals surface area contributed by atoms with Crippen LogP contribution < -0.4 is 15.1 Å². The molecule has 0 N–H and O–H groups in total. The van der Waals surface area contributed by atoms with E-state index < -0.39 is 6.04 Å². The predicted octanol–water partition coefficient (Wildman–Crippen LogP) is 4.64. The van der Waals surface area contributed by atoms with Gasteiger partial charge in [-0.3, -0.25) is 14.5 Å². The molecular weight excluding hydrogens is 392 g/mol. The highest BCUT2D eigenvalue weighted by molar-refractivity contribution is 6.10. The lowest BCUT2D eigenvalue weighted by atomic mass is 9.98. The van der Waals surface area contributed by atoms with E-state index in [1.54, 1.807) is 30.3 Å². The second kappa shape index (κ2) is 7.40. The van der Waals surface area contributed by atoms with Crippen molar-refractivity contribution in [2.24, 2.45) is 0 Å². The Morgan fingerprint density at radius 3 is 2.65 bits per heavy atom. The maximum atomic E-state index is 13.5. The molecule has 1 amide bonds. The van der Waals surface area contributed by atoms with Crippen molar-refractivity contribution in [3.8, 4) is 5.75 Å². The fourth-order valence-electron chi connectivity index (χ4n) is 4.08. The van der Waals surface area contributed by atoms with Crippen LogP contribution in [0.3, 0.4) is 0 Å². The Morgan fingerprint density at radius 2 is 1.84 bits per heavy atom. The zero-order valence-corrected chi connectivity index (χ0v) is 17.2. The number of hydrogen-bond acceptors (Lipinski definition) is 5. The number of ether oxygens (including phenoxy) is 1. The first-order chi connectivity index (χ1) is 15.1. The molecule has 1 aliphatic heterocycles. The maximum absolute atomic E-state index is 13.5. The minimum Gasteiger partial charge on any atom is -0.494 e. The third kappa shape index (κ3) is 3.08. The molecule has 6 heteroatoms. The van der Waals surface area contributed by atoms with E-state index in [4.69, 9.17) is 9.15 Å². The second-order valence-corrected chi connectivity index (χ2v) is 7.39. The number of carbonyl (C=O) groups is 1. The summed E-state index contributed by atoms with van der Waals surface area (Å²) in [5.74, 6) is 0.802. The van der Waals surface area contributed by atoms with Gasteiger partial charge >= 0.3 is 0 Å². The standard InChI is InChI=1S/C25H20N2O4/c1-3-30-17-10-7-9-16(14-17)22-21-23(28)18-11-4-5-12-19(18)31-24(21)25(29)27(22)20-13-6-8-15(2)26-20/h4-14,22H,3H2,1-2H3/t22-/m1/s1. The van der Waals surface area contributed by atoms with E-state index in [2.05, 4.69) is 4.98 Å². The van der Waals surface area contributed by atoms with Crippen molar-refractivity contribution in [2.75, 3.05) is 11.5 Å². The van der Waals surface area contributed by atoms with Crippen molar-refractivity contribution < 1.29 is 13.9 Å². The first kappa shape index (κ1) is 19.1. The van der Waals surface area contributed by atoms with Gasteiger partial charge in [-0.15, -0.1) is 0 Å². The summed E-state index contributed by atoms with van der Waals surface area (Å²) in [6.07, 6.45) is 0. The van der Waals surface area contributed by atoms with E-state index in [0.717, 1.165) is 11.3 Å². The Kier molecular flexibility index (Phi) is 4.55. The average Bonchev–Trinajstić information content (AvgIpc) is 3.07. The molecule has 0 saturated heterocycles. The smallest absolute Gasteiger partial charge is 0.296 e. The number of hydrogen-bond donors (Lipinski definition) is 0. The second-order valence-electron chi connectivity index (χ2n) is 7.39. The number of nitrogens with zero attached hydrogens (tertiary/aromatic N) is 2. The molecule has 0 unspecified atom stereocenters. The molecule has 2 aromatic heterocycles. The number of rotatable bonds is 4. The number of aryl methyl sites for hydroxylation is 1. The van der Waals surface area contributed by atoms with Crippen LogP contribution in [-0.2, 0) is 0 Å². The van der Waals surface area contributed by atoms with E-state index in [1.165, 1.54) is 4.90 Å². The number of pyridine rings is 1. The summed E-state index contributed by atoms with van der Waals surface area (Å²) < 4.78 is 11.6. The molecule has 154 valence electrons. The number of aromatic nitrogens is 1. The quantitative estimate of drug-likeness (QED) is 0.488. The first-order valence-corrected chi connectivity index (χ1v) is 10.1. The third-order valence-corrected chi connectivity index (χ3v) is 5.38. The van der Waals surface area contributed by atoms with Crippen molar-refractivity contribution in [3.05, 3.63) is 99.5 Å². The molecule has 0 spiro atoms. The van der Waals surface area contributed by atoms with E-state index >= 15 is 0 Å². The van der Waals surface area contributed by atoms with E-state index in [-0.39, 0.29) is 17.1 Å². The van der Waals surface area contributed by atoms with Gasteiger partial charge in [-0.1, -0.05) is 30.3 Å². The topological polar surface area (TPSA) is 72.6 Å².